The predicted octanol–water partition coefficient (Wildman–Crippen LogP) is 3.21. The lowest BCUT2D eigenvalue weighted by Gasteiger charge is -2.39. The standard InChI is InChI=1S/C54H65FN12O5/c55-47-11-10-39(28-48-44-8-1-2-9-45(44)53(71)60-59-48)27-46(47)54(72)66-25-23-65(24-26-66)50(68)35-62-16-12-38(13-17-62)31-63-21-19-61(20-22-63)18-14-57-52(70)41-6-3-5-40(29-41)42-7-4-15-67(33-42)51(69)36-64-32-43-30-56-37-58-49(43)34-64/h1-3,5-6,8-11,27,29-30,37-38,42H,4,7,12-26,28,31-36H2,(H,57,70)(H,60,71)/t42-/m1/s1. The van der Waals surface area contributed by atoms with Crippen LogP contribution in [0.25, 0.3) is 10.8 Å². The molecule has 378 valence electrons. The van der Waals surface area contributed by atoms with Crippen LogP contribution < -0.4 is 10.9 Å². The number of halogens is 1. The number of aromatic nitrogens is 4. The zero-order valence-corrected chi connectivity index (χ0v) is 41.0. The number of benzene rings is 3. The topological polar surface area (TPSA) is 175 Å². The van der Waals surface area contributed by atoms with E-state index in [4.69, 9.17) is 0 Å². The van der Waals surface area contributed by atoms with Gasteiger partial charge in [0.1, 0.15) is 12.1 Å². The van der Waals surface area contributed by atoms with Gasteiger partial charge in [-0.05, 0) is 86.1 Å². The lowest BCUT2D eigenvalue weighted by Crippen LogP contribution is -2.53. The Bertz CT molecular complexity index is 2800. The van der Waals surface area contributed by atoms with Gasteiger partial charge in [0.2, 0.25) is 11.8 Å². The molecule has 10 rings (SSSR count). The summed E-state index contributed by atoms with van der Waals surface area (Å²) in [6, 6.07) is 19.6. The van der Waals surface area contributed by atoms with Crippen LogP contribution in [0, 0.1) is 11.7 Å². The van der Waals surface area contributed by atoms with E-state index in [0.717, 1.165) is 101 Å². The highest BCUT2D eigenvalue weighted by Crippen LogP contribution is 2.29. The van der Waals surface area contributed by atoms with Gasteiger partial charge in [0, 0.05) is 133 Å². The van der Waals surface area contributed by atoms with Gasteiger partial charge in [-0.1, -0.05) is 36.4 Å². The number of hydrogen-bond acceptors (Lipinski definition) is 12. The average Bonchev–Trinajstić information content (AvgIpc) is 3.83. The number of nitrogens with zero attached hydrogens (tertiary/aromatic N) is 10. The zero-order valence-electron chi connectivity index (χ0n) is 41.0. The number of amides is 4. The summed E-state index contributed by atoms with van der Waals surface area (Å²) in [5.74, 6) is -0.0839. The Kier molecular flexibility index (Phi) is 15.4. The van der Waals surface area contributed by atoms with Crippen LogP contribution in [-0.2, 0) is 29.1 Å². The number of carbonyl (C=O) groups is 4. The normalized spacial score (nSPS) is 19.7. The van der Waals surface area contributed by atoms with E-state index in [9.17, 15) is 24.0 Å². The van der Waals surface area contributed by atoms with Gasteiger partial charge in [-0.2, -0.15) is 5.10 Å². The summed E-state index contributed by atoms with van der Waals surface area (Å²) in [5.41, 5.74) is 4.90. The molecule has 1 atom stereocenters. The first-order chi connectivity index (χ1) is 35.1. The Hall–Kier alpha value is -6.47. The molecule has 4 amide bonds. The molecule has 0 radical (unpaired) electrons. The van der Waals surface area contributed by atoms with Gasteiger partial charge >= 0.3 is 0 Å². The van der Waals surface area contributed by atoms with E-state index in [2.05, 4.69) is 51.1 Å². The summed E-state index contributed by atoms with van der Waals surface area (Å²) in [6.07, 6.45) is 7.74. The second-order valence-corrected chi connectivity index (χ2v) is 20.3. The Morgan fingerprint density at radius 1 is 0.722 bits per heavy atom. The summed E-state index contributed by atoms with van der Waals surface area (Å²) in [4.78, 5) is 89.2. The molecule has 2 N–H and O–H groups in total. The zero-order chi connectivity index (χ0) is 49.6. The van der Waals surface area contributed by atoms with Crippen LogP contribution in [0.5, 0.6) is 0 Å². The molecule has 4 saturated heterocycles. The molecule has 4 fully saturated rings. The molecule has 0 aliphatic carbocycles. The second-order valence-electron chi connectivity index (χ2n) is 20.3. The molecule has 5 aliphatic heterocycles. The van der Waals surface area contributed by atoms with Gasteiger partial charge in [0.25, 0.3) is 17.4 Å². The molecule has 18 heteroatoms. The van der Waals surface area contributed by atoms with Crippen LogP contribution in [0.4, 0.5) is 4.39 Å². The van der Waals surface area contributed by atoms with Crippen molar-refractivity contribution in [3.63, 3.8) is 0 Å². The highest BCUT2D eigenvalue weighted by molar-refractivity contribution is 5.95. The van der Waals surface area contributed by atoms with Gasteiger partial charge in [-0.25, -0.2) is 19.5 Å². The lowest BCUT2D eigenvalue weighted by atomic mass is 9.89. The van der Waals surface area contributed by atoms with E-state index in [0.29, 0.717) is 105 Å². The van der Waals surface area contributed by atoms with Crippen LogP contribution in [0.2, 0.25) is 0 Å². The van der Waals surface area contributed by atoms with Crippen LogP contribution in [0.1, 0.15) is 80.4 Å². The van der Waals surface area contributed by atoms with E-state index in [1.807, 2.05) is 46.3 Å². The number of aromatic amines is 1. The summed E-state index contributed by atoms with van der Waals surface area (Å²) in [7, 11) is 0. The third-order valence-electron chi connectivity index (χ3n) is 15.5. The smallest absolute Gasteiger partial charge is 0.272 e. The van der Waals surface area contributed by atoms with E-state index < -0.39 is 11.7 Å². The monoisotopic (exact) mass is 981 g/mol. The van der Waals surface area contributed by atoms with Gasteiger partial charge < -0.3 is 24.9 Å². The number of fused-ring (bicyclic) bond motifs is 2. The molecule has 7 heterocycles. The summed E-state index contributed by atoms with van der Waals surface area (Å²) >= 11 is 0. The predicted molar refractivity (Wildman–Crippen MR) is 270 cm³/mol. The number of H-pyrrole nitrogens is 1. The Labute approximate surface area is 419 Å². The van der Waals surface area contributed by atoms with Crippen molar-refractivity contribution in [1.82, 2.24) is 59.8 Å². The van der Waals surface area contributed by atoms with Crippen LogP contribution in [-0.4, -0.2) is 189 Å². The largest absolute Gasteiger partial charge is 0.351 e. The van der Waals surface area contributed by atoms with Crippen LogP contribution in [0.15, 0.2) is 84.0 Å². The maximum absolute atomic E-state index is 15.1. The molecule has 0 spiro atoms. The van der Waals surface area contributed by atoms with Gasteiger partial charge in [-0.15, -0.1) is 0 Å². The molecule has 17 nitrogen and oxygen atoms in total. The van der Waals surface area contributed by atoms with E-state index in [-0.39, 0.29) is 34.8 Å². The minimum atomic E-state index is -0.596. The fraction of sp³-hybridized carbons (Fsp3) is 0.481. The van der Waals surface area contributed by atoms with Crippen molar-refractivity contribution in [1.29, 1.82) is 0 Å². The number of hydrogen-bond donors (Lipinski definition) is 2. The molecule has 0 unspecified atom stereocenters. The highest BCUT2D eigenvalue weighted by atomic mass is 19.1. The highest BCUT2D eigenvalue weighted by Gasteiger charge is 2.31. The molecule has 5 aliphatic rings. The van der Waals surface area contributed by atoms with Crippen LogP contribution in [0.3, 0.4) is 0 Å². The van der Waals surface area contributed by atoms with Crippen molar-refractivity contribution in [3.05, 3.63) is 135 Å². The van der Waals surface area contributed by atoms with Crippen LogP contribution >= 0.6 is 0 Å². The number of piperidine rings is 2. The molecule has 72 heavy (non-hydrogen) atoms. The Morgan fingerprint density at radius 2 is 1.47 bits per heavy atom. The number of likely N-dealkylation sites (tertiary alicyclic amines) is 2. The summed E-state index contributed by atoms with van der Waals surface area (Å²) in [6.45, 7) is 13.1. The average molecular weight is 981 g/mol. The Morgan fingerprint density at radius 3 is 2.28 bits per heavy atom. The number of piperazine rings is 2. The Balaban J connectivity index is 0.598. The minimum absolute atomic E-state index is 0.0119. The molecule has 2 aromatic heterocycles. The van der Waals surface area contributed by atoms with Crippen molar-refractivity contribution < 1.29 is 23.6 Å². The molecule has 0 bridgehead atoms. The first kappa shape index (κ1) is 49.1. The number of nitrogens with one attached hydrogen (secondary N) is 2. The molecular weight excluding hydrogens is 916 g/mol. The first-order valence-electron chi connectivity index (χ1n) is 25.7. The maximum atomic E-state index is 15.1. The molecular formula is C54H65FN12O5. The van der Waals surface area contributed by atoms with E-state index in [1.165, 1.54) is 6.07 Å². The fourth-order valence-electron chi connectivity index (χ4n) is 11.3. The summed E-state index contributed by atoms with van der Waals surface area (Å²) < 4.78 is 15.1. The van der Waals surface area contributed by atoms with Crippen molar-refractivity contribution in [2.24, 2.45) is 5.92 Å². The molecule has 3 aromatic carbocycles. The van der Waals surface area contributed by atoms with E-state index >= 15 is 4.39 Å². The van der Waals surface area contributed by atoms with Gasteiger partial charge in [0.15, 0.2) is 0 Å². The number of carbonyl (C=O) groups excluding carboxylic acids is 4. The summed E-state index contributed by atoms with van der Waals surface area (Å²) in [5, 5.41) is 11.2. The van der Waals surface area contributed by atoms with E-state index in [1.54, 1.807) is 35.5 Å². The SMILES string of the molecule is O=C(NCCN1CCN(CC2CCN(CC(=O)N3CCN(C(=O)c4cc(Cc5n[nH]c(=O)c6ccccc56)ccc4F)CC3)CC2)CC1)c1cccc([C@@H]2CCCN(C(=O)CN3Cc4cncnc4C3)C2)c1. The third kappa shape index (κ3) is 11.7. The first-order valence-corrected chi connectivity index (χ1v) is 25.7. The van der Waals surface area contributed by atoms with Gasteiger partial charge in [0.05, 0.1) is 35.4 Å². The molecule has 0 saturated carbocycles. The van der Waals surface area contributed by atoms with Gasteiger partial charge in [-0.3, -0.25) is 38.7 Å². The van der Waals surface area contributed by atoms with Crippen molar-refractivity contribution in [2.45, 2.75) is 51.1 Å². The molecule has 5 aromatic rings. The minimum Gasteiger partial charge on any atom is -0.351 e. The fourth-order valence-corrected chi connectivity index (χ4v) is 11.3. The number of rotatable bonds is 14. The van der Waals surface area contributed by atoms with Crippen molar-refractivity contribution in [2.75, 3.05) is 111 Å². The maximum Gasteiger partial charge on any atom is 0.272 e. The second kappa shape index (κ2) is 22.5. The van der Waals surface area contributed by atoms with Crippen molar-refractivity contribution >= 4 is 34.4 Å². The third-order valence-corrected chi connectivity index (χ3v) is 15.5. The van der Waals surface area contributed by atoms with Crippen molar-refractivity contribution in [3.8, 4) is 0 Å². The quantitative estimate of drug-likeness (QED) is 0.167. The lowest BCUT2D eigenvalue weighted by molar-refractivity contribution is -0.134.